The molecule has 6 rings (SSSR count). The van der Waals surface area contributed by atoms with Gasteiger partial charge in [0, 0.05) is 56.1 Å². The number of pyridine rings is 1. The van der Waals surface area contributed by atoms with Crippen molar-refractivity contribution in [1.82, 2.24) is 25.1 Å². The fourth-order valence-corrected chi connectivity index (χ4v) is 5.93. The van der Waals surface area contributed by atoms with Crippen molar-refractivity contribution in [3.63, 3.8) is 0 Å². The summed E-state index contributed by atoms with van der Waals surface area (Å²) in [5.41, 5.74) is 8.19. The Bertz CT molecular complexity index is 1270. The highest BCUT2D eigenvalue weighted by molar-refractivity contribution is 5.84. The molecule has 2 aromatic heterocycles. The number of carbonyl (C=O) groups excluding carboxylic acids is 1. The Kier molecular flexibility index (Phi) is 6.19. The van der Waals surface area contributed by atoms with Gasteiger partial charge in [0.15, 0.2) is 0 Å². The first-order valence-electron chi connectivity index (χ1n) is 13.1. The highest BCUT2D eigenvalue weighted by atomic mass is 16.5. The van der Waals surface area contributed by atoms with Crippen LogP contribution in [0.1, 0.15) is 42.1 Å². The predicted octanol–water partition coefficient (Wildman–Crippen LogP) is 3.79. The van der Waals surface area contributed by atoms with Crippen molar-refractivity contribution in [3.05, 3.63) is 52.8 Å². The lowest BCUT2D eigenvalue weighted by atomic mass is 9.87. The molecular weight excluding hydrogens is 454 g/mol. The number of urea groups is 1. The number of carbonyl (C=O) groups is 1. The first-order valence-corrected chi connectivity index (χ1v) is 13.1. The number of hydrogen-bond donors (Lipinski definition) is 2. The van der Waals surface area contributed by atoms with Crippen LogP contribution in [-0.4, -0.2) is 77.4 Å². The molecule has 2 fully saturated rings. The highest BCUT2D eigenvalue weighted by Crippen LogP contribution is 2.35. The van der Waals surface area contributed by atoms with Gasteiger partial charge >= 0.3 is 6.03 Å². The molecule has 3 aliphatic heterocycles. The number of aromatic nitrogens is 2. The van der Waals surface area contributed by atoms with Crippen LogP contribution in [0.5, 0.6) is 0 Å². The Labute approximate surface area is 212 Å². The SMILES string of the molecule is Cc1c[nH]c2ncc(-c3cc4c(c([C@@H]5COCCN5)c3)CN(C(=O)N3C[C@@H](C)O[C@H](C)C3)CC4)cc12. The number of nitrogens with one attached hydrogen (secondary N) is 2. The summed E-state index contributed by atoms with van der Waals surface area (Å²) in [5, 5.41) is 4.79. The molecule has 0 bridgehead atoms. The van der Waals surface area contributed by atoms with E-state index in [1.54, 1.807) is 0 Å². The smallest absolute Gasteiger partial charge is 0.320 e. The molecule has 5 heterocycles. The number of fused-ring (bicyclic) bond motifs is 2. The van der Waals surface area contributed by atoms with Crippen LogP contribution < -0.4 is 5.32 Å². The summed E-state index contributed by atoms with van der Waals surface area (Å²) in [6.45, 7) is 11.0. The zero-order chi connectivity index (χ0) is 24.8. The van der Waals surface area contributed by atoms with Gasteiger partial charge in [0.25, 0.3) is 0 Å². The van der Waals surface area contributed by atoms with E-state index in [-0.39, 0.29) is 24.3 Å². The van der Waals surface area contributed by atoms with E-state index in [9.17, 15) is 4.79 Å². The molecular formula is C28H35N5O3. The van der Waals surface area contributed by atoms with Crippen LogP contribution in [0.2, 0.25) is 0 Å². The molecule has 190 valence electrons. The van der Waals surface area contributed by atoms with Gasteiger partial charge in [-0.05, 0) is 67.1 Å². The predicted molar refractivity (Wildman–Crippen MR) is 139 cm³/mol. The third-order valence-electron chi connectivity index (χ3n) is 7.71. The molecule has 3 atom stereocenters. The van der Waals surface area contributed by atoms with Crippen molar-refractivity contribution in [1.29, 1.82) is 0 Å². The number of nitrogens with zero attached hydrogens (tertiary/aromatic N) is 3. The molecule has 2 saturated heterocycles. The normalized spacial score (nSPS) is 24.7. The number of aryl methyl sites for hydroxylation is 1. The van der Waals surface area contributed by atoms with Gasteiger partial charge in [-0.1, -0.05) is 6.07 Å². The lowest BCUT2D eigenvalue weighted by Gasteiger charge is -2.40. The van der Waals surface area contributed by atoms with Crippen molar-refractivity contribution in [2.24, 2.45) is 0 Å². The van der Waals surface area contributed by atoms with Gasteiger partial charge in [0.05, 0.1) is 31.5 Å². The number of benzene rings is 1. The van der Waals surface area contributed by atoms with Gasteiger partial charge in [-0.3, -0.25) is 0 Å². The molecule has 2 N–H and O–H groups in total. The Morgan fingerprint density at radius 2 is 1.94 bits per heavy atom. The monoisotopic (exact) mass is 489 g/mol. The number of morpholine rings is 2. The van der Waals surface area contributed by atoms with Gasteiger partial charge in [0.2, 0.25) is 0 Å². The minimum absolute atomic E-state index is 0.0612. The maximum atomic E-state index is 13.5. The summed E-state index contributed by atoms with van der Waals surface area (Å²) >= 11 is 0. The summed E-state index contributed by atoms with van der Waals surface area (Å²) in [7, 11) is 0. The molecule has 0 spiro atoms. The van der Waals surface area contributed by atoms with Crippen LogP contribution >= 0.6 is 0 Å². The summed E-state index contributed by atoms with van der Waals surface area (Å²) < 4.78 is 11.7. The van der Waals surface area contributed by atoms with Gasteiger partial charge in [0.1, 0.15) is 5.65 Å². The lowest BCUT2D eigenvalue weighted by Crippen LogP contribution is -2.53. The van der Waals surface area contributed by atoms with Crippen LogP contribution in [0.15, 0.2) is 30.6 Å². The van der Waals surface area contributed by atoms with Gasteiger partial charge in [-0.2, -0.15) is 0 Å². The molecule has 36 heavy (non-hydrogen) atoms. The summed E-state index contributed by atoms with van der Waals surface area (Å²) in [5.74, 6) is 0. The number of H-pyrrole nitrogens is 1. The number of aromatic amines is 1. The Morgan fingerprint density at radius 1 is 1.11 bits per heavy atom. The third kappa shape index (κ3) is 4.38. The number of ether oxygens (including phenoxy) is 2. The maximum absolute atomic E-state index is 13.5. The van der Waals surface area contributed by atoms with Crippen LogP contribution in [0.3, 0.4) is 0 Å². The molecule has 0 saturated carbocycles. The summed E-state index contributed by atoms with van der Waals surface area (Å²) in [6, 6.07) is 7.03. The molecule has 2 amide bonds. The standard InChI is InChI=1S/C28H35N5O3/c1-17-11-30-27-23(17)10-22(12-31-27)21-8-20-4-6-32(28(34)33-13-18(2)36-19(3)14-33)15-25(20)24(9-21)26-16-35-7-5-29-26/h8-12,18-19,26,29H,4-7,13-16H2,1-3H3,(H,30,31)/t18-,19-,26+/m1/s1. The largest absolute Gasteiger partial charge is 0.378 e. The van der Waals surface area contributed by atoms with Crippen molar-refractivity contribution in [3.8, 4) is 11.1 Å². The van der Waals surface area contributed by atoms with Crippen LogP contribution in [0.25, 0.3) is 22.2 Å². The van der Waals surface area contributed by atoms with Gasteiger partial charge in [-0.15, -0.1) is 0 Å². The average molecular weight is 490 g/mol. The Balaban J connectivity index is 1.35. The topological polar surface area (TPSA) is 82.7 Å². The first kappa shape index (κ1) is 23.5. The molecule has 0 aliphatic carbocycles. The van der Waals surface area contributed by atoms with Gasteiger partial charge in [-0.25, -0.2) is 9.78 Å². The zero-order valence-corrected chi connectivity index (χ0v) is 21.3. The fraction of sp³-hybridized carbons (Fsp3) is 0.500. The van der Waals surface area contributed by atoms with E-state index in [0.29, 0.717) is 26.2 Å². The minimum Gasteiger partial charge on any atom is -0.378 e. The second kappa shape index (κ2) is 9.50. The highest BCUT2D eigenvalue weighted by Gasteiger charge is 2.32. The van der Waals surface area contributed by atoms with Crippen molar-refractivity contribution in [2.75, 3.05) is 39.4 Å². The lowest BCUT2D eigenvalue weighted by molar-refractivity contribution is -0.0585. The molecule has 8 heteroatoms. The van der Waals surface area contributed by atoms with Crippen LogP contribution in [-0.2, 0) is 22.4 Å². The van der Waals surface area contributed by atoms with E-state index in [2.05, 4.69) is 40.4 Å². The van der Waals surface area contributed by atoms with Crippen LogP contribution in [0, 0.1) is 6.92 Å². The molecule has 0 radical (unpaired) electrons. The van der Waals surface area contributed by atoms with Crippen molar-refractivity contribution >= 4 is 17.1 Å². The van der Waals surface area contributed by atoms with Crippen molar-refractivity contribution < 1.29 is 14.3 Å². The van der Waals surface area contributed by atoms with E-state index in [1.807, 2.05) is 36.0 Å². The second-order valence-electron chi connectivity index (χ2n) is 10.5. The molecule has 3 aromatic rings. The van der Waals surface area contributed by atoms with Crippen molar-refractivity contribution in [2.45, 2.75) is 52.0 Å². The first-order chi connectivity index (χ1) is 17.5. The average Bonchev–Trinajstić information content (AvgIpc) is 3.27. The number of rotatable bonds is 2. The number of hydrogen-bond acceptors (Lipinski definition) is 5. The fourth-order valence-electron chi connectivity index (χ4n) is 5.93. The molecule has 1 aromatic carbocycles. The summed E-state index contributed by atoms with van der Waals surface area (Å²) in [4.78, 5) is 25.4. The van der Waals surface area contributed by atoms with E-state index in [4.69, 9.17) is 9.47 Å². The quantitative estimate of drug-likeness (QED) is 0.573. The van der Waals surface area contributed by atoms with E-state index >= 15 is 0 Å². The Morgan fingerprint density at radius 3 is 2.72 bits per heavy atom. The number of amides is 2. The summed E-state index contributed by atoms with van der Waals surface area (Å²) in [6.07, 6.45) is 4.92. The molecule has 3 aliphatic rings. The van der Waals surface area contributed by atoms with Crippen LogP contribution in [0.4, 0.5) is 4.79 Å². The minimum atomic E-state index is 0.0612. The third-order valence-corrected chi connectivity index (χ3v) is 7.71. The zero-order valence-electron chi connectivity index (χ0n) is 21.3. The molecule has 0 unspecified atom stereocenters. The maximum Gasteiger partial charge on any atom is 0.320 e. The molecule has 8 nitrogen and oxygen atoms in total. The second-order valence-corrected chi connectivity index (χ2v) is 10.5. The Hall–Kier alpha value is -2.94. The van der Waals surface area contributed by atoms with Gasteiger partial charge < -0.3 is 29.6 Å². The van der Waals surface area contributed by atoms with E-state index in [0.717, 1.165) is 42.7 Å². The van der Waals surface area contributed by atoms with E-state index in [1.165, 1.54) is 27.8 Å². The van der Waals surface area contributed by atoms with E-state index < -0.39 is 0 Å².